The van der Waals surface area contributed by atoms with Crippen LogP contribution in [0.25, 0.3) is 0 Å². The number of hydrogen-bond donors (Lipinski definition) is 1. The van der Waals surface area contributed by atoms with Crippen molar-refractivity contribution in [2.24, 2.45) is 0 Å². The molecule has 1 rings (SSSR count). The predicted molar refractivity (Wildman–Crippen MR) is 32.5 cm³/mol. The molecule has 0 saturated carbocycles. The van der Waals surface area contributed by atoms with E-state index >= 15 is 0 Å². The molecule has 53 valence electrons. The van der Waals surface area contributed by atoms with Crippen molar-refractivity contribution in [3.8, 4) is 0 Å². The van der Waals surface area contributed by atoms with Gasteiger partial charge in [-0.25, -0.2) is 0 Å². The second-order valence-corrected chi connectivity index (χ2v) is 1.80. The molecule has 0 atom stereocenters. The molecule has 0 unspecified atom stereocenters. The van der Waals surface area contributed by atoms with Gasteiger partial charge in [-0.3, -0.25) is 0 Å². The van der Waals surface area contributed by atoms with Crippen LogP contribution in [-0.4, -0.2) is 9.94 Å². The molecule has 0 aliphatic heterocycles. The number of rotatable bonds is 0. The maximum Gasteiger partial charge on any atom is 0.142 e. The average molecular weight is 235 g/mol. The van der Waals surface area contributed by atoms with Crippen LogP contribution >= 0.6 is 12.2 Å². The fourth-order valence-corrected chi connectivity index (χ4v) is 0.558. The van der Waals surface area contributed by atoms with Gasteiger partial charge in [-0.2, -0.15) is 4.73 Å². The van der Waals surface area contributed by atoms with Crippen LogP contribution < -0.4 is 0 Å². The largest absolute Gasteiger partial charge is 0.428 e. The quantitative estimate of drug-likeness (QED) is 0.418. The number of nitrogens with zero attached hydrogens (tertiary/aromatic N) is 1. The topological polar surface area (TPSA) is 25.2 Å². The molecule has 0 aromatic carbocycles. The van der Waals surface area contributed by atoms with Crippen molar-refractivity contribution in [1.29, 1.82) is 0 Å². The van der Waals surface area contributed by atoms with Crippen LogP contribution in [0.5, 0.6) is 0 Å². The summed E-state index contributed by atoms with van der Waals surface area (Å²) in [5, 5.41) is 8.73. The van der Waals surface area contributed by atoms with Gasteiger partial charge in [0.05, 0.1) is 0 Å². The molecule has 4 heteroatoms. The Hall–Kier alpha value is -0.0897. The standard InChI is InChI=1S/C5H5NOS.Ag/c7-6-4-2-1-3-5(6)8;/h1-4,7H;. The minimum Gasteiger partial charge on any atom is -0.428 e. The predicted octanol–water partition coefficient (Wildman–Crippen LogP) is 1.45. The Morgan fingerprint density at radius 3 is 2.44 bits per heavy atom. The van der Waals surface area contributed by atoms with E-state index < -0.39 is 0 Å². The summed E-state index contributed by atoms with van der Waals surface area (Å²) >= 11 is 4.67. The maximum absolute atomic E-state index is 8.73. The Kier molecular flexibility index (Phi) is 3.81. The van der Waals surface area contributed by atoms with E-state index in [0.717, 1.165) is 4.73 Å². The molecule has 1 heterocycles. The second-order valence-electron chi connectivity index (χ2n) is 1.38. The molecule has 0 amide bonds. The summed E-state index contributed by atoms with van der Waals surface area (Å²) in [5.74, 6) is 0. The molecule has 1 aromatic rings. The summed E-state index contributed by atoms with van der Waals surface area (Å²) in [5.41, 5.74) is 0. The maximum atomic E-state index is 8.73. The number of aromatic nitrogens is 1. The number of hydrogen-bond acceptors (Lipinski definition) is 2. The molecule has 1 N–H and O–H groups in total. The first-order chi connectivity index (χ1) is 3.80. The third-order valence-corrected chi connectivity index (χ3v) is 1.13. The Bertz CT molecular complexity index is 234. The van der Waals surface area contributed by atoms with Crippen molar-refractivity contribution in [3.63, 3.8) is 0 Å². The molecule has 0 bridgehead atoms. The van der Waals surface area contributed by atoms with E-state index in [1.54, 1.807) is 18.2 Å². The van der Waals surface area contributed by atoms with E-state index in [4.69, 9.17) is 5.21 Å². The first-order valence-corrected chi connectivity index (χ1v) is 2.58. The van der Waals surface area contributed by atoms with Gasteiger partial charge in [-0.05, 0) is 12.1 Å². The van der Waals surface area contributed by atoms with Crippen LogP contribution in [-0.2, 0) is 22.4 Å². The van der Waals surface area contributed by atoms with Gasteiger partial charge in [0, 0.05) is 28.6 Å². The first kappa shape index (κ1) is 8.91. The molecule has 0 spiro atoms. The molecule has 0 fully saturated rings. The third kappa shape index (κ3) is 2.32. The zero-order valence-corrected chi connectivity index (χ0v) is 6.71. The van der Waals surface area contributed by atoms with Crippen LogP contribution in [0.3, 0.4) is 0 Å². The second kappa shape index (κ2) is 3.85. The molecule has 1 aromatic heterocycles. The SMILES string of the molecule is On1ccccc1=S.[Ag]. The van der Waals surface area contributed by atoms with E-state index in [2.05, 4.69) is 12.2 Å². The molecule has 0 saturated heterocycles. The van der Waals surface area contributed by atoms with E-state index in [9.17, 15) is 0 Å². The van der Waals surface area contributed by atoms with Gasteiger partial charge in [-0.1, -0.05) is 18.3 Å². The van der Waals surface area contributed by atoms with Crippen molar-refractivity contribution < 1.29 is 27.6 Å². The van der Waals surface area contributed by atoms with Gasteiger partial charge in [0.25, 0.3) is 0 Å². The zero-order valence-electron chi connectivity index (χ0n) is 4.41. The summed E-state index contributed by atoms with van der Waals surface area (Å²) < 4.78 is 1.32. The van der Waals surface area contributed by atoms with E-state index in [0.29, 0.717) is 4.64 Å². The van der Waals surface area contributed by atoms with Crippen LogP contribution in [0.1, 0.15) is 0 Å². The van der Waals surface area contributed by atoms with Gasteiger partial charge in [-0.15, -0.1) is 0 Å². The average Bonchev–Trinajstić information content (AvgIpc) is 1.77. The van der Waals surface area contributed by atoms with Gasteiger partial charge in [0.2, 0.25) is 0 Å². The summed E-state index contributed by atoms with van der Waals surface area (Å²) in [6.07, 6.45) is 1.49. The summed E-state index contributed by atoms with van der Waals surface area (Å²) in [7, 11) is 0. The smallest absolute Gasteiger partial charge is 0.142 e. The molecule has 9 heavy (non-hydrogen) atoms. The van der Waals surface area contributed by atoms with Crippen molar-refractivity contribution in [2.45, 2.75) is 0 Å². The molecule has 2 nitrogen and oxygen atoms in total. The van der Waals surface area contributed by atoms with Crippen LogP contribution in [0.2, 0.25) is 0 Å². The van der Waals surface area contributed by atoms with E-state index in [1.807, 2.05) is 0 Å². The first-order valence-electron chi connectivity index (χ1n) is 2.17. The molecule has 0 aliphatic rings. The molecule has 0 aliphatic carbocycles. The van der Waals surface area contributed by atoms with Crippen molar-refractivity contribution >= 4 is 12.2 Å². The van der Waals surface area contributed by atoms with E-state index in [1.165, 1.54) is 6.20 Å². The number of pyridine rings is 1. The van der Waals surface area contributed by atoms with Crippen LogP contribution in [0.15, 0.2) is 24.4 Å². The molecular weight excluding hydrogens is 230 g/mol. The molecular formula is C5H5AgNOS. The van der Waals surface area contributed by atoms with Gasteiger partial charge >= 0.3 is 0 Å². The summed E-state index contributed by atoms with van der Waals surface area (Å²) in [6, 6.07) is 5.13. The summed E-state index contributed by atoms with van der Waals surface area (Å²) in [4.78, 5) is 0. The Morgan fingerprint density at radius 1 is 1.44 bits per heavy atom. The Morgan fingerprint density at radius 2 is 2.11 bits per heavy atom. The molecule has 1 radical (unpaired) electrons. The van der Waals surface area contributed by atoms with Crippen molar-refractivity contribution in [3.05, 3.63) is 29.0 Å². The van der Waals surface area contributed by atoms with Crippen LogP contribution in [0, 0.1) is 4.64 Å². The zero-order chi connectivity index (χ0) is 5.98. The minimum atomic E-state index is 0. The normalized spacial score (nSPS) is 8.00. The van der Waals surface area contributed by atoms with Gasteiger partial charge in [0.1, 0.15) is 4.64 Å². The minimum absolute atomic E-state index is 0. The monoisotopic (exact) mass is 234 g/mol. The Labute approximate surface area is 73.6 Å². The van der Waals surface area contributed by atoms with E-state index in [-0.39, 0.29) is 22.4 Å². The van der Waals surface area contributed by atoms with Gasteiger partial charge < -0.3 is 5.21 Å². The Balaban J connectivity index is 0.000000640. The van der Waals surface area contributed by atoms with Crippen molar-refractivity contribution in [2.75, 3.05) is 0 Å². The van der Waals surface area contributed by atoms with Gasteiger partial charge in [0.15, 0.2) is 0 Å². The fraction of sp³-hybridized carbons (Fsp3) is 0. The summed E-state index contributed by atoms with van der Waals surface area (Å²) in [6.45, 7) is 0. The van der Waals surface area contributed by atoms with Crippen LogP contribution in [0.4, 0.5) is 0 Å². The fourth-order valence-electron chi connectivity index (χ4n) is 0.419. The van der Waals surface area contributed by atoms with Crippen molar-refractivity contribution in [1.82, 2.24) is 4.73 Å². The third-order valence-electron chi connectivity index (χ3n) is 0.803.